The maximum Gasteiger partial charge on any atom is 0.299 e. The van der Waals surface area contributed by atoms with Gasteiger partial charge in [-0.3, -0.25) is 9.36 Å². The predicted octanol–water partition coefficient (Wildman–Crippen LogP) is 2.77. The lowest BCUT2D eigenvalue weighted by Gasteiger charge is -2.22. The number of anilines is 1. The van der Waals surface area contributed by atoms with E-state index in [0.717, 1.165) is 24.3 Å². The van der Waals surface area contributed by atoms with Gasteiger partial charge in [-0.05, 0) is 43.8 Å². The number of aliphatic hydroxyl groups is 1. The second-order valence-corrected chi connectivity index (χ2v) is 8.91. The summed E-state index contributed by atoms with van der Waals surface area (Å²) in [5.74, 6) is 1.37. The molecular weight excluding hydrogens is 470 g/mol. The zero-order chi connectivity index (χ0) is 25.2. The number of hydrogen-bond acceptors (Lipinski definition) is 7. The zero-order valence-corrected chi connectivity index (χ0v) is 21.2. The van der Waals surface area contributed by atoms with E-state index in [2.05, 4.69) is 40.7 Å². The van der Waals surface area contributed by atoms with Crippen LogP contribution in [0.1, 0.15) is 22.5 Å². The molecule has 190 valence electrons. The van der Waals surface area contributed by atoms with E-state index in [4.69, 9.17) is 26.2 Å². The molecule has 1 aliphatic rings. The van der Waals surface area contributed by atoms with Crippen LogP contribution >= 0.6 is 11.6 Å². The molecule has 0 saturated carbocycles. The summed E-state index contributed by atoms with van der Waals surface area (Å²) in [6, 6.07) is 7.66. The molecule has 1 aromatic heterocycles. The average molecular weight is 504 g/mol. The van der Waals surface area contributed by atoms with E-state index >= 15 is 0 Å². The molecule has 2 aromatic rings. The highest BCUT2D eigenvalue weighted by Gasteiger charge is 2.24. The van der Waals surface area contributed by atoms with Crippen LogP contribution in [-0.4, -0.2) is 79.5 Å². The first-order chi connectivity index (χ1) is 16.9. The third-order valence-electron chi connectivity index (χ3n) is 5.37. The van der Waals surface area contributed by atoms with Gasteiger partial charge in [0.2, 0.25) is 0 Å². The first-order valence-corrected chi connectivity index (χ1v) is 12.0. The minimum absolute atomic E-state index is 0.135. The van der Waals surface area contributed by atoms with Crippen molar-refractivity contribution in [3.63, 3.8) is 0 Å². The number of allylic oxidation sites excluding steroid dienone is 3. The SMILES string of the molecule is CNc1nc(OCCOC2=CC=CC(CN(C)C)C2)n(Cc2ccc(Cl)cc2)c1C(=O)NCCO. The van der Waals surface area contributed by atoms with E-state index in [1.165, 1.54) is 0 Å². The molecule has 1 aliphatic carbocycles. The normalized spacial score (nSPS) is 15.1. The molecule has 1 atom stereocenters. The van der Waals surface area contributed by atoms with Gasteiger partial charge < -0.3 is 30.1 Å². The summed E-state index contributed by atoms with van der Waals surface area (Å²) < 4.78 is 13.6. The van der Waals surface area contributed by atoms with Gasteiger partial charge in [0.05, 0.1) is 18.9 Å². The molecule has 1 aromatic carbocycles. The van der Waals surface area contributed by atoms with Gasteiger partial charge >= 0.3 is 0 Å². The molecule has 1 unspecified atom stereocenters. The van der Waals surface area contributed by atoms with E-state index in [0.29, 0.717) is 41.6 Å². The van der Waals surface area contributed by atoms with Crippen molar-refractivity contribution in [2.45, 2.75) is 13.0 Å². The highest BCUT2D eigenvalue weighted by Crippen LogP contribution is 2.25. The fraction of sp³-hybridized carbons (Fsp3) is 0.440. The third-order valence-corrected chi connectivity index (χ3v) is 5.62. The number of amides is 1. The molecular formula is C25H34ClN5O4. The number of carbonyl (C=O) groups is 1. The van der Waals surface area contributed by atoms with Gasteiger partial charge in [-0.15, -0.1) is 0 Å². The maximum atomic E-state index is 12.9. The summed E-state index contributed by atoms with van der Waals surface area (Å²) in [6.45, 7) is 1.90. The lowest BCUT2D eigenvalue weighted by atomic mass is 9.99. The summed E-state index contributed by atoms with van der Waals surface area (Å²) in [5, 5.41) is 15.4. The van der Waals surface area contributed by atoms with Gasteiger partial charge in [0, 0.05) is 31.6 Å². The van der Waals surface area contributed by atoms with E-state index in [9.17, 15) is 4.79 Å². The maximum absolute atomic E-state index is 12.9. The Morgan fingerprint density at radius 2 is 2.00 bits per heavy atom. The van der Waals surface area contributed by atoms with Gasteiger partial charge in [0.25, 0.3) is 11.9 Å². The molecule has 1 amide bonds. The molecule has 0 radical (unpaired) electrons. The number of ether oxygens (including phenoxy) is 2. The standard InChI is InChI=1S/C25H34ClN5O4/c1-27-23-22(24(33)28-11-12-32)31(17-18-7-9-20(26)10-8-18)25(29-23)35-14-13-34-21-6-4-5-19(15-21)16-30(2)3/h4-10,19,27,32H,11-17H2,1-3H3,(H,28,33). The molecule has 9 nitrogen and oxygen atoms in total. The van der Waals surface area contributed by atoms with Crippen LogP contribution in [0, 0.1) is 5.92 Å². The molecule has 0 aliphatic heterocycles. The van der Waals surface area contributed by atoms with Crippen LogP contribution in [0.5, 0.6) is 6.01 Å². The number of rotatable bonds is 13. The van der Waals surface area contributed by atoms with Gasteiger partial charge in [-0.1, -0.05) is 35.9 Å². The van der Waals surface area contributed by atoms with Crippen molar-refractivity contribution >= 4 is 23.3 Å². The summed E-state index contributed by atoms with van der Waals surface area (Å²) in [7, 11) is 5.81. The lowest BCUT2D eigenvalue weighted by molar-refractivity contribution is 0.0934. The van der Waals surface area contributed by atoms with Crippen molar-refractivity contribution in [1.82, 2.24) is 19.8 Å². The largest absolute Gasteiger partial charge is 0.494 e. The molecule has 0 bridgehead atoms. The van der Waals surface area contributed by atoms with Crippen LogP contribution in [0.2, 0.25) is 5.02 Å². The molecule has 1 heterocycles. The van der Waals surface area contributed by atoms with Crippen molar-refractivity contribution in [3.05, 3.63) is 64.5 Å². The summed E-state index contributed by atoms with van der Waals surface area (Å²) in [6.07, 6.45) is 7.05. The smallest absolute Gasteiger partial charge is 0.299 e. The van der Waals surface area contributed by atoms with Crippen molar-refractivity contribution in [1.29, 1.82) is 0 Å². The Hall–Kier alpha value is -3.01. The van der Waals surface area contributed by atoms with Crippen LogP contribution in [-0.2, 0) is 11.3 Å². The lowest BCUT2D eigenvalue weighted by Crippen LogP contribution is -2.29. The number of halogens is 1. The zero-order valence-electron chi connectivity index (χ0n) is 20.5. The first-order valence-electron chi connectivity index (χ1n) is 11.6. The number of benzene rings is 1. The molecule has 0 fully saturated rings. The van der Waals surface area contributed by atoms with Gasteiger partial charge in [-0.2, -0.15) is 4.98 Å². The number of carbonyl (C=O) groups excluding carboxylic acids is 1. The molecule has 0 saturated heterocycles. The molecule has 35 heavy (non-hydrogen) atoms. The van der Waals surface area contributed by atoms with Crippen LogP contribution in [0.15, 0.2) is 48.3 Å². The number of nitrogens with zero attached hydrogens (tertiary/aromatic N) is 3. The topological polar surface area (TPSA) is 101 Å². The highest BCUT2D eigenvalue weighted by molar-refractivity contribution is 6.30. The number of imidazole rings is 1. The van der Waals surface area contributed by atoms with Crippen LogP contribution in [0.25, 0.3) is 0 Å². The van der Waals surface area contributed by atoms with E-state index in [1.54, 1.807) is 23.7 Å². The number of aromatic nitrogens is 2. The molecule has 10 heteroatoms. The van der Waals surface area contributed by atoms with Crippen molar-refractivity contribution < 1.29 is 19.4 Å². The van der Waals surface area contributed by atoms with Gasteiger partial charge in [-0.25, -0.2) is 0 Å². The minimum Gasteiger partial charge on any atom is -0.494 e. The van der Waals surface area contributed by atoms with E-state index in [-0.39, 0.29) is 25.7 Å². The van der Waals surface area contributed by atoms with E-state index in [1.807, 2.05) is 24.3 Å². The summed E-state index contributed by atoms with van der Waals surface area (Å²) >= 11 is 6.03. The van der Waals surface area contributed by atoms with Crippen LogP contribution < -0.4 is 15.4 Å². The Balaban J connectivity index is 1.71. The Morgan fingerprint density at radius 1 is 1.26 bits per heavy atom. The first kappa shape index (κ1) is 26.6. The Kier molecular flexibility index (Phi) is 10.0. The Morgan fingerprint density at radius 3 is 2.69 bits per heavy atom. The molecule has 3 rings (SSSR count). The number of hydrogen-bond donors (Lipinski definition) is 3. The second-order valence-electron chi connectivity index (χ2n) is 8.47. The Labute approximate surface area is 211 Å². The molecule has 0 spiro atoms. The number of aliphatic hydroxyl groups excluding tert-OH is 1. The fourth-order valence-electron chi connectivity index (χ4n) is 3.84. The van der Waals surface area contributed by atoms with Gasteiger partial charge in [0.1, 0.15) is 13.2 Å². The van der Waals surface area contributed by atoms with Crippen molar-refractivity contribution in [2.24, 2.45) is 5.92 Å². The van der Waals surface area contributed by atoms with E-state index < -0.39 is 0 Å². The fourth-order valence-corrected chi connectivity index (χ4v) is 3.97. The minimum atomic E-state index is -0.359. The third kappa shape index (κ3) is 7.74. The Bertz CT molecular complexity index is 1030. The van der Waals surface area contributed by atoms with Crippen LogP contribution in [0.4, 0.5) is 5.82 Å². The van der Waals surface area contributed by atoms with Gasteiger partial charge in [0.15, 0.2) is 11.5 Å². The highest BCUT2D eigenvalue weighted by atomic mass is 35.5. The summed E-state index contributed by atoms with van der Waals surface area (Å²) in [5.41, 5.74) is 1.25. The van der Waals surface area contributed by atoms with Crippen molar-refractivity contribution in [2.75, 3.05) is 59.4 Å². The predicted molar refractivity (Wildman–Crippen MR) is 137 cm³/mol. The molecule has 3 N–H and O–H groups in total. The monoisotopic (exact) mass is 503 g/mol. The quantitative estimate of drug-likeness (QED) is 0.361. The summed E-state index contributed by atoms with van der Waals surface area (Å²) in [4.78, 5) is 19.5. The second kappa shape index (κ2) is 13.2. The number of nitrogens with one attached hydrogen (secondary N) is 2. The average Bonchev–Trinajstić information content (AvgIpc) is 3.18. The van der Waals surface area contributed by atoms with Crippen LogP contribution in [0.3, 0.4) is 0 Å². The van der Waals surface area contributed by atoms with Crippen molar-refractivity contribution in [3.8, 4) is 6.01 Å².